The molecule has 0 saturated carbocycles. The highest BCUT2D eigenvalue weighted by Gasteiger charge is 2.17. The summed E-state index contributed by atoms with van der Waals surface area (Å²) >= 11 is 0. The van der Waals surface area contributed by atoms with Crippen LogP contribution >= 0.6 is 0 Å². The van der Waals surface area contributed by atoms with Crippen molar-refractivity contribution in [3.05, 3.63) is 17.9 Å². The van der Waals surface area contributed by atoms with Crippen LogP contribution in [0.3, 0.4) is 0 Å². The standard InChI is InChI=1S/C11H15FN2O2/c1-15-11-5-10(9(13)4-8(11)12)14-7-2-3-16-6-7/h4-5,7,14H,2-3,6,13H2,1H3. The Bertz CT molecular complexity index is 378. The number of hydrogen-bond acceptors (Lipinski definition) is 4. The van der Waals surface area contributed by atoms with E-state index in [1.54, 1.807) is 6.07 Å². The number of ether oxygens (including phenoxy) is 2. The first-order valence-electron chi connectivity index (χ1n) is 5.18. The number of methoxy groups -OCH3 is 1. The lowest BCUT2D eigenvalue weighted by molar-refractivity contribution is 0.195. The summed E-state index contributed by atoms with van der Waals surface area (Å²) in [5.41, 5.74) is 6.79. The van der Waals surface area contributed by atoms with Gasteiger partial charge in [0.2, 0.25) is 0 Å². The number of nitrogen functional groups attached to an aromatic ring is 1. The highest BCUT2D eigenvalue weighted by atomic mass is 19.1. The Morgan fingerprint density at radius 1 is 1.56 bits per heavy atom. The van der Waals surface area contributed by atoms with E-state index in [2.05, 4.69) is 5.32 Å². The number of nitrogens with one attached hydrogen (secondary N) is 1. The van der Waals surface area contributed by atoms with Crippen LogP contribution in [-0.4, -0.2) is 26.4 Å². The number of nitrogens with two attached hydrogens (primary N) is 1. The van der Waals surface area contributed by atoms with Crippen molar-refractivity contribution in [2.75, 3.05) is 31.4 Å². The van der Waals surface area contributed by atoms with Crippen LogP contribution in [0, 0.1) is 5.82 Å². The third kappa shape index (κ3) is 2.19. The van der Waals surface area contributed by atoms with Crippen LogP contribution in [0.2, 0.25) is 0 Å². The summed E-state index contributed by atoms with van der Waals surface area (Å²) in [6.07, 6.45) is 0.930. The zero-order valence-electron chi connectivity index (χ0n) is 9.13. The van der Waals surface area contributed by atoms with Crippen molar-refractivity contribution < 1.29 is 13.9 Å². The van der Waals surface area contributed by atoms with E-state index in [0.717, 1.165) is 13.0 Å². The molecule has 0 spiro atoms. The summed E-state index contributed by atoms with van der Waals surface area (Å²) in [6.45, 7) is 1.40. The third-order valence-electron chi connectivity index (χ3n) is 2.61. The molecular formula is C11H15FN2O2. The monoisotopic (exact) mass is 226 g/mol. The van der Waals surface area contributed by atoms with Crippen LogP contribution in [0.15, 0.2) is 12.1 Å². The second-order valence-electron chi connectivity index (χ2n) is 3.78. The molecule has 0 aliphatic carbocycles. The summed E-state index contributed by atoms with van der Waals surface area (Å²) in [7, 11) is 1.43. The van der Waals surface area contributed by atoms with Gasteiger partial charge in [-0.15, -0.1) is 0 Å². The van der Waals surface area contributed by atoms with E-state index in [4.69, 9.17) is 15.2 Å². The maximum Gasteiger partial charge on any atom is 0.167 e. The van der Waals surface area contributed by atoms with E-state index in [-0.39, 0.29) is 11.8 Å². The molecule has 4 nitrogen and oxygen atoms in total. The largest absolute Gasteiger partial charge is 0.494 e. The van der Waals surface area contributed by atoms with Crippen molar-refractivity contribution in [2.45, 2.75) is 12.5 Å². The molecule has 1 heterocycles. The van der Waals surface area contributed by atoms with Gasteiger partial charge in [0, 0.05) is 18.7 Å². The molecule has 0 radical (unpaired) electrons. The quantitative estimate of drug-likeness (QED) is 0.769. The van der Waals surface area contributed by atoms with Gasteiger partial charge < -0.3 is 20.5 Å². The van der Waals surface area contributed by atoms with Gasteiger partial charge in [0.25, 0.3) is 0 Å². The van der Waals surface area contributed by atoms with E-state index in [1.165, 1.54) is 13.2 Å². The predicted octanol–water partition coefficient (Wildman–Crippen LogP) is 1.62. The average molecular weight is 226 g/mol. The van der Waals surface area contributed by atoms with Gasteiger partial charge in [0.1, 0.15) is 0 Å². The van der Waals surface area contributed by atoms with E-state index in [1.807, 2.05) is 0 Å². The maximum atomic E-state index is 13.3. The van der Waals surface area contributed by atoms with Gasteiger partial charge in [-0.3, -0.25) is 0 Å². The van der Waals surface area contributed by atoms with E-state index < -0.39 is 5.82 Å². The van der Waals surface area contributed by atoms with Gasteiger partial charge in [-0.25, -0.2) is 4.39 Å². The first-order chi connectivity index (χ1) is 7.70. The van der Waals surface area contributed by atoms with Gasteiger partial charge in [-0.1, -0.05) is 0 Å². The van der Waals surface area contributed by atoms with Crippen LogP contribution in [0.5, 0.6) is 5.75 Å². The molecule has 0 amide bonds. The fraction of sp³-hybridized carbons (Fsp3) is 0.455. The summed E-state index contributed by atoms with van der Waals surface area (Å²) < 4.78 is 23.4. The van der Waals surface area contributed by atoms with Crippen LogP contribution in [-0.2, 0) is 4.74 Å². The van der Waals surface area contributed by atoms with E-state index in [0.29, 0.717) is 18.0 Å². The zero-order chi connectivity index (χ0) is 11.5. The Kier molecular flexibility index (Phi) is 3.14. The SMILES string of the molecule is COc1cc(NC2CCOC2)c(N)cc1F. The zero-order valence-corrected chi connectivity index (χ0v) is 9.13. The highest BCUT2D eigenvalue weighted by Crippen LogP contribution is 2.29. The van der Waals surface area contributed by atoms with Crippen LogP contribution in [0.1, 0.15) is 6.42 Å². The first kappa shape index (κ1) is 11.0. The van der Waals surface area contributed by atoms with Crippen molar-refractivity contribution in [3.63, 3.8) is 0 Å². The van der Waals surface area contributed by atoms with E-state index in [9.17, 15) is 4.39 Å². The number of hydrogen-bond donors (Lipinski definition) is 2. The summed E-state index contributed by atoms with van der Waals surface area (Å²) in [5.74, 6) is -0.260. The lowest BCUT2D eigenvalue weighted by atomic mass is 10.2. The Hall–Kier alpha value is -1.49. The number of halogens is 1. The Balaban J connectivity index is 2.18. The molecule has 1 fully saturated rings. The van der Waals surface area contributed by atoms with Gasteiger partial charge in [0.15, 0.2) is 11.6 Å². The normalized spacial score (nSPS) is 19.8. The second kappa shape index (κ2) is 4.57. The maximum absolute atomic E-state index is 13.3. The molecule has 0 aromatic heterocycles. The molecule has 1 aromatic carbocycles. The topological polar surface area (TPSA) is 56.5 Å². The van der Waals surface area contributed by atoms with Crippen molar-refractivity contribution >= 4 is 11.4 Å². The number of anilines is 2. The fourth-order valence-corrected chi connectivity index (χ4v) is 1.72. The average Bonchev–Trinajstić information content (AvgIpc) is 2.75. The molecule has 0 bridgehead atoms. The molecule has 88 valence electrons. The molecule has 5 heteroatoms. The molecule has 1 aliphatic heterocycles. The van der Waals surface area contributed by atoms with E-state index >= 15 is 0 Å². The Morgan fingerprint density at radius 2 is 2.38 bits per heavy atom. The smallest absolute Gasteiger partial charge is 0.167 e. The number of benzene rings is 1. The third-order valence-corrected chi connectivity index (χ3v) is 2.61. The molecule has 1 saturated heterocycles. The van der Waals surface area contributed by atoms with Crippen LogP contribution in [0.4, 0.5) is 15.8 Å². The molecule has 1 aliphatic rings. The summed E-state index contributed by atoms with van der Waals surface area (Å²) in [4.78, 5) is 0. The molecule has 1 aromatic rings. The minimum absolute atomic E-state index is 0.190. The van der Waals surface area contributed by atoms with Crippen molar-refractivity contribution in [1.82, 2.24) is 0 Å². The van der Waals surface area contributed by atoms with Crippen LogP contribution in [0.25, 0.3) is 0 Å². The molecule has 16 heavy (non-hydrogen) atoms. The van der Waals surface area contributed by atoms with Crippen molar-refractivity contribution in [1.29, 1.82) is 0 Å². The lowest BCUT2D eigenvalue weighted by Gasteiger charge is -2.15. The minimum Gasteiger partial charge on any atom is -0.494 e. The highest BCUT2D eigenvalue weighted by molar-refractivity contribution is 5.69. The lowest BCUT2D eigenvalue weighted by Crippen LogP contribution is -2.19. The summed E-state index contributed by atoms with van der Waals surface area (Å²) in [6, 6.07) is 3.07. The van der Waals surface area contributed by atoms with Gasteiger partial charge in [-0.2, -0.15) is 0 Å². The Morgan fingerprint density at radius 3 is 3.00 bits per heavy atom. The van der Waals surface area contributed by atoms with Crippen molar-refractivity contribution in [3.8, 4) is 5.75 Å². The second-order valence-corrected chi connectivity index (χ2v) is 3.78. The number of rotatable bonds is 3. The van der Waals surface area contributed by atoms with Gasteiger partial charge >= 0.3 is 0 Å². The molecule has 1 atom stereocenters. The molecular weight excluding hydrogens is 211 g/mol. The first-order valence-corrected chi connectivity index (χ1v) is 5.18. The summed E-state index contributed by atoms with van der Waals surface area (Å²) in [5, 5.41) is 3.21. The minimum atomic E-state index is -0.451. The van der Waals surface area contributed by atoms with Crippen molar-refractivity contribution in [2.24, 2.45) is 0 Å². The molecule has 3 N–H and O–H groups in total. The predicted molar refractivity (Wildman–Crippen MR) is 60.2 cm³/mol. The molecule has 2 rings (SSSR count). The van der Waals surface area contributed by atoms with Crippen LogP contribution < -0.4 is 15.8 Å². The Labute approximate surface area is 93.5 Å². The van der Waals surface area contributed by atoms with Gasteiger partial charge in [0.05, 0.1) is 31.1 Å². The molecule has 1 unspecified atom stereocenters. The van der Waals surface area contributed by atoms with Gasteiger partial charge in [-0.05, 0) is 6.42 Å². The fourth-order valence-electron chi connectivity index (χ4n) is 1.72.